The van der Waals surface area contributed by atoms with Crippen molar-refractivity contribution in [2.24, 2.45) is 0 Å². The monoisotopic (exact) mass is 437 g/mol. The van der Waals surface area contributed by atoms with Crippen LogP contribution in [0.25, 0.3) is 0 Å². The predicted molar refractivity (Wildman–Crippen MR) is 110 cm³/mol. The highest BCUT2D eigenvalue weighted by Crippen LogP contribution is 2.25. The first-order chi connectivity index (χ1) is 14.0. The molecule has 3 rings (SSSR count). The lowest BCUT2D eigenvalue weighted by Crippen LogP contribution is -2.25. The van der Waals surface area contributed by atoms with Crippen molar-refractivity contribution < 1.29 is 18.7 Å². The number of carbonyl (C=O) groups is 1. The number of aryl methyl sites for hydroxylation is 2. The van der Waals surface area contributed by atoms with E-state index in [2.05, 4.69) is 10.4 Å². The molecule has 0 saturated carbocycles. The first kappa shape index (κ1) is 21.1. The first-order valence-corrected chi connectivity index (χ1v) is 9.75. The molecule has 0 radical (unpaired) electrons. The lowest BCUT2D eigenvalue weighted by Gasteiger charge is -2.06. The molecule has 0 saturated heterocycles. The Morgan fingerprint density at radius 2 is 2.03 bits per heavy atom. The molecule has 1 amide bonds. The van der Waals surface area contributed by atoms with Crippen LogP contribution in [0.3, 0.4) is 0 Å². The molecule has 0 aliphatic heterocycles. The lowest BCUT2D eigenvalue weighted by molar-refractivity contribution is 0.0921. The molecule has 0 aliphatic rings. The van der Waals surface area contributed by atoms with E-state index in [4.69, 9.17) is 37.1 Å². The van der Waals surface area contributed by atoms with Crippen molar-refractivity contribution in [2.45, 2.75) is 26.5 Å². The molecule has 3 aromatic rings. The van der Waals surface area contributed by atoms with Gasteiger partial charge in [-0.2, -0.15) is 5.10 Å². The van der Waals surface area contributed by atoms with Crippen molar-refractivity contribution >= 4 is 29.1 Å². The fourth-order valence-electron chi connectivity index (χ4n) is 2.62. The van der Waals surface area contributed by atoms with Crippen LogP contribution in [0.1, 0.15) is 28.4 Å². The third-order valence-corrected chi connectivity index (χ3v) is 5.07. The minimum Gasteiger partial charge on any atom is -0.497 e. The lowest BCUT2D eigenvalue weighted by atomic mass is 10.3. The molecule has 29 heavy (non-hydrogen) atoms. The molecule has 0 aliphatic carbocycles. The smallest absolute Gasteiger partial charge is 0.286 e. The van der Waals surface area contributed by atoms with Gasteiger partial charge < -0.3 is 19.2 Å². The highest BCUT2D eigenvalue weighted by Gasteiger charge is 2.13. The van der Waals surface area contributed by atoms with E-state index in [0.717, 1.165) is 0 Å². The molecule has 0 fully saturated rings. The van der Waals surface area contributed by atoms with Gasteiger partial charge >= 0.3 is 0 Å². The summed E-state index contributed by atoms with van der Waals surface area (Å²) in [6, 6.07) is 10.6. The molecular weight excluding hydrogens is 417 g/mol. The Labute approximate surface area is 178 Å². The molecule has 0 atom stereocenters. The van der Waals surface area contributed by atoms with Crippen LogP contribution in [0.2, 0.25) is 10.2 Å². The number of aromatic nitrogens is 2. The van der Waals surface area contributed by atoms with Crippen molar-refractivity contribution in [2.75, 3.05) is 13.7 Å². The highest BCUT2D eigenvalue weighted by atomic mass is 35.5. The van der Waals surface area contributed by atoms with Crippen LogP contribution in [0, 0.1) is 6.92 Å². The zero-order valence-electron chi connectivity index (χ0n) is 16.1. The second-order valence-corrected chi connectivity index (χ2v) is 6.99. The number of methoxy groups -OCH3 is 1. The maximum atomic E-state index is 12.2. The number of carbonyl (C=O) groups excluding carboxylic acids is 1. The molecule has 0 unspecified atom stereocenters. The number of furan rings is 1. The summed E-state index contributed by atoms with van der Waals surface area (Å²) in [5, 5.41) is 7.91. The second-order valence-electron chi connectivity index (χ2n) is 6.26. The SMILES string of the molecule is COc1cccc(OCc2ccc(C(=O)NCCCn3nc(C)c(Cl)c3Cl)o2)c1. The fraction of sp³-hybridized carbons (Fsp3) is 0.300. The highest BCUT2D eigenvalue weighted by molar-refractivity contribution is 6.41. The van der Waals surface area contributed by atoms with Gasteiger partial charge in [-0.25, -0.2) is 0 Å². The van der Waals surface area contributed by atoms with Crippen LogP contribution in [-0.4, -0.2) is 29.3 Å². The minimum absolute atomic E-state index is 0.207. The maximum Gasteiger partial charge on any atom is 0.286 e. The minimum atomic E-state index is -0.293. The standard InChI is InChI=1S/C20H21Cl2N3O4/c1-13-18(21)19(22)25(24-13)10-4-9-23-20(26)17-8-7-16(29-17)12-28-15-6-3-5-14(11-15)27-2/h3,5-8,11H,4,9-10,12H2,1-2H3,(H,23,26). The van der Waals surface area contributed by atoms with E-state index in [1.54, 1.807) is 36.9 Å². The molecule has 7 nitrogen and oxygen atoms in total. The normalized spacial score (nSPS) is 10.8. The molecule has 1 N–H and O–H groups in total. The van der Waals surface area contributed by atoms with Gasteiger partial charge in [-0.15, -0.1) is 0 Å². The summed E-state index contributed by atoms with van der Waals surface area (Å²) in [4.78, 5) is 12.2. The molecule has 2 aromatic heterocycles. The Morgan fingerprint density at radius 3 is 2.76 bits per heavy atom. The van der Waals surface area contributed by atoms with Crippen LogP contribution >= 0.6 is 23.2 Å². The Kier molecular flexibility index (Phi) is 7.06. The quantitative estimate of drug-likeness (QED) is 0.498. The van der Waals surface area contributed by atoms with Gasteiger partial charge in [0, 0.05) is 19.2 Å². The predicted octanol–water partition coefficient (Wildman–Crippen LogP) is 4.50. The number of halogens is 2. The summed E-state index contributed by atoms with van der Waals surface area (Å²) < 4.78 is 18.0. The Morgan fingerprint density at radius 1 is 1.24 bits per heavy atom. The third-order valence-electron chi connectivity index (χ3n) is 4.14. The van der Waals surface area contributed by atoms with Crippen LogP contribution in [-0.2, 0) is 13.2 Å². The molecule has 1 aromatic carbocycles. The number of benzene rings is 1. The van der Waals surface area contributed by atoms with Crippen molar-refractivity contribution in [3.05, 3.63) is 63.8 Å². The average Bonchev–Trinajstić information content (AvgIpc) is 3.30. The first-order valence-electron chi connectivity index (χ1n) is 9.00. The van der Waals surface area contributed by atoms with E-state index in [9.17, 15) is 4.79 Å². The van der Waals surface area contributed by atoms with Crippen molar-refractivity contribution in [3.63, 3.8) is 0 Å². The molecule has 0 spiro atoms. The van der Waals surface area contributed by atoms with Crippen LogP contribution in [0.4, 0.5) is 0 Å². The molecule has 9 heteroatoms. The number of nitrogens with one attached hydrogen (secondary N) is 1. The molecule has 0 bridgehead atoms. The van der Waals surface area contributed by atoms with Gasteiger partial charge in [0.25, 0.3) is 5.91 Å². The van der Waals surface area contributed by atoms with Crippen molar-refractivity contribution in [3.8, 4) is 11.5 Å². The zero-order chi connectivity index (χ0) is 20.8. The van der Waals surface area contributed by atoms with E-state index in [1.165, 1.54) is 0 Å². The van der Waals surface area contributed by atoms with Crippen molar-refractivity contribution in [1.82, 2.24) is 15.1 Å². The molecule has 2 heterocycles. The average molecular weight is 438 g/mol. The number of nitrogens with zero attached hydrogens (tertiary/aromatic N) is 2. The Bertz CT molecular complexity index is 984. The van der Waals surface area contributed by atoms with E-state index in [1.807, 2.05) is 18.2 Å². The van der Waals surface area contributed by atoms with Gasteiger partial charge in [0.2, 0.25) is 0 Å². The summed E-state index contributed by atoms with van der Waals surface area (Å²) >= 11 is 12.1. The van der Waals surface area contributed by atoms with Gasteiger partial charge in [-0.3, -0.25) is 9.48 Å². The van der Waals surface area contributed by atoms with Crippen molar-refractivity contribution in [1.29, 1.82) is 0 Å². The van der Waals surface area contributed by atoms with Crippen LogP contribution in [0.5, 0.6) is 11.5 Å². The second kappa shape index (κ2) is 9.71. The number of hydrogen-bond acceptors (Lipinski definition) is 5. The molecular formula is C20H21Cl2N3O4. The summed E-state index contributed by atoms with van der Waals surface area (Å²) in [5.41, 5.74) is 0.681. The molecule has 154 valence electrons. The number of amides is 1. The fourth-order valence-corrected chi connectivity index (χ4v) is 3.01. The topological polar surface area (TPSA) is 78.5 Å². The van der Waals surface area contributed by atoms with E-state index in [-0.39, 0.29) is 18.3 Å². The van der Waals surface area contributed by atoms with E-state index >= 15 is 0 Å². The Balaban J connectivity index is 1.44. The summed E-state index contributed by atoms with van der Waals surface area (Å²) in [7, 11) is 1.59. The zero-order valence-corrected chi connectivity index (χ0v) is 17.6. The van der Waals surface area contributed by atoms with E-state index < -0.39 is 0 Å². The van der Waals surface area contributed by atoms with Gasteiger partial charge in [0.05, 0.1) is 12.8 Å². The van der Waals surface area contributed by atoms with Gasteiger partial charge in [-0.05, 0) is 37.6 Å². The Hall–Kier alpha value is -2.64. The number of hydrogen-bond donors (Lipinski definition) is 1. The van der Waals surface area contributed by atoms with Gasteiger partial charge in [0.1, 0.15) is 34.0 Å². The summed E-state index contributed by atoms with van der Waals surface area (Å²) in [6.45, 7) is 2.99. The third kappa shape index (κ3) is 5.46. The van der Waals surface area contributed by atoms with Crippen LogP contribution in [0.15, 0.2) is 40.8 Å². The van der Waals surface area contributed by atoms with Gasteiger partial charge in [0.15, 0.2) is 5.76 Å². The summed E-state index contributed by atoms with van der Waals surface area (Å²) in [5.74, 6) is 1.84. The maximum absolute atomic E-state index is 12.2. The van der Waals surface area contributed by atoms with Gasteiger partial charge in [-0.1, -0.05) is 29.3 Å². The van der Waals surface area contributed by atoms with E-state index in [0.29, 0.717) is 52.6 Å². The summed E-state index contributed by atoms with van der Waals surface area (Å²) in [6.07, 6.45) is 0.648. The largest absolute Gasteiger partial charge is 0.497 e. The number of rotatable bonds is 9. The number of ether oxygens (including phenoxy) is 2. The van der Waals surface area contributed by atoms with Crippen LogP contribution < -0.4 is 14.8 Å².